The van der Waals surface area contributed by atoms with E-state index in [1.165, 1.54) is 0 Å². The van der Waals surface area contributed by atoms with Crippen molar-refractivity contribution in [2.24, 2.45) is 13.0 Å². The number of hydrogen-bond donors (Lipinski definition) is 2. The minimum atomic E-state index is -0.300. The molecule has 3 heterocycles. The molecule has 2 amide bonds. The molecule has 8 heteroatoms. The van der Waals surface area contributed by atoms with E-state index in [0.29, 0.717) is 31.5 Å². The predicted molar refractivity (Wildman–Crippen MR) is 86.1 cm³/mol. The van der Waals surface area contributed by atoms with Gasteiger partial charge < -0.3 is 24.5 Å². The highest BCUT2D eigenvalue weighted by molar-refractivity contribution is 5.74. The molecule has 0 unspecified atom stereocenters. The molecule has 1 aliphatic heterocycles. The third kappa shape index (κ3) is 4.14. The molecule has 1 fully saturated rings. The van der Waals surface area contributed by atoms with Crippen molar-refractivity contribution in [3.05, 3.63) is 35.7 Å². The smallest absolute Gasteiger partial charge is 0.315 e. The molecule has 1 aliphatic rings. The second-order valence-corrected chi connectivity index (χ2v) is 6.12. The Balaban J connectivity index is 1.63. The number of nitrogens with one attached hydrogen (secondary N) is 2. The Morgan fingerprint density at radius 1 is 1.46 bits per heavy atom. The van der Waals surface area contributed by atoms with Crippen LogP contribution in [0.2, 0.25) is 0 Å². The first-order valence-corrected chi connectivity index (χ1v) is 8.15. The lowest BCUT2D eigenvalue weighted by atomic mass is 9.91. The van der Waals surface area contributed by atoms with Crippen LogP contribution in [-0.4, -0.2) is 34.0 Å². The SMILES string of the molecule is Cc1noc([C@@H](NC(=O)NCc2ccn(C)c2)C2CCOCC2)n1. The zero-order valence-corrected chi connectivity index (χ0v) is 14.0. The van der Waals surface area contributed by atoms with Gasteiger partial charge in [0.15, 0.2) is 5.82 Å². The molecule has 8 nitrogen and oxygen atoms in total. The summed E-state index contributed by atoms with van der Waals surface area (Å²) in [5.41, 5.74) is 1.05. The molecule has 1 saturated heterocycles. The second kappa shape index (κ2) is 7.48. The lowest BCUT2D eigenvalue weighted by molar-refractivity contribution is 0.0503. The van der Waals surface area contributed by atoms with Gasteiger partial charge in [-0.05, 0) is 37.3 Å². The molecular weight excluding hydrogens is 310 g/mol. The summed E-state index contributed by atoms with van der Waals surface area (Å²) in [6, 6.07) is 1.43. The molecule has 130 valence electrons. The van der Waals surface area contributed by atoms with Crippen molar-refractivity contribution in [3.8, 4) is 0 Å². The third-order valence-corrected chi connectivity index (χ3v) is 4.18. The van der Waals surface area contributed by atoms with Crippen LogP contribution in [0.1, 0.15) is 36.2 Å². The highest BCUT2D eigenvalue weighted by Gasteiger charge is 2.31. The quantitative estimate of drug-likeness (QED) is 0.868. The van der Waals surface area contributed by atoms with Crippen LogP contribution in [-0.2, 0) is 18.3 Å². The highest BCUT2D eigenvalue weighted by Crippen LogP contribution is 2.29. The first-order chi connectivity index (χ1) is 11.6. The van der Waals surface area contributed by atoms with Gasteiger partial charge in [-0.25, -0.2) is 4.79 Å². The van der Waals surface area contributed by atoms with Gasteiger partial charge in [-0.2, -0.15) is 4.98 Å². The van der Waals surface area contributed by atoms with E-state index >= 15 is 0 Å². The number of nitrogens with zero attached hydrogens (tertiary/aromatic N) is 3. The third-order valence-electron chi connectivity index (χ3n) is 4.18. The zero-order chi connectivity index (χ0) is 16.9. The van der Waals surface area contributed by atoms with Crippen LogP contribution in [0.25, 0.3) is 0 Å². The summed E-state index contributed by atoms with van der Waals surface area (Å²) in [6.45, 7) is 3.60. The Morgan fingerprint density at radius 2 is 2.25 bits per heavy atom. The predicted octanol–water partition coefficient (Wildman–Crippen LogP) is 1.68. The number of carbonyl (C=O) groups excluding carboxylic acids is 1. The molecular formula is C16H23N5O3. The van der Waals surface area contributed by atoms with Gasteiger partial charge in [-0.3, -0.25) is 0 Å². The molecule has 2 aromatic rings. The van der Waals surface area contributed by atoms with E-state index in [1.54, 1.807) is 6.92 Å². The van der Waals surface area contributed by atoms with Crippen LogP contribution in [0.4, 0.5) is 4.79 Å². The average Bonchev–Trinajstić information content (AvgIpc) is 3.20. The van der Waals surface area contributed by atoms with Crippen LogP contribution in [0.15, 0.2) is 23.0 Å². The van der Waals surface area contributed by atoms with Gasteiger partial charge in [0.05, 0.1) is 0 Å². The molecule has 2 aromatic heterocycles. The van der Waals surface area contributed by atoms with Gasteiger partial charge in [0.25, 0.3) is 0 Å². The molecule has 1 atom stereocenters. The van der Waals surface area contributed by atoms with E-state index in [2.05, 4.69) is 20.8 Å². The topological polar surface area (TPSA) is 94.2 Å². The molecule has 0 aromatic carbocycles. The van der Waals surface area contributed by atoms with Crippen molar-refractivity contribution >= 4 is 6.03 Å². The van der Waals surface area contributed by atoms with Crippen molar-refractivity contribution < 1.29 is 14.1 Å². The molecule has 0 radical (unpaired) electrons. The van der Waals surface area contributed by atoms with Gasteiger partial charge in [-0.15, -0.1) is 0 Å². The number of rotatable bonds is 5. The number of ether oxygens (including phenoxy) is 1. The molecule has 0 spiro atoms. The lowest BCUT2D eigenvalue weighted by Gasteiger charge is -2.28. The monoisotopic (exact) mass is 333 g/mol. The van der Waals surface area contributed by atoms with E-state index in [4.69, 9.17) is 9.26 Å². The van der Waals surface area contributed by atoms with Crippen LogP contribution in [0.3, 0.4) is 0 Å². The summed E-state index contributed by atoms with van der Waals surface area (Å²) in [5, 5.41) is 9.70. The molecule has 3 rings (SSSR count). The van der Waals surface area contributed by atoms with Gasteiger partial charge >= 0.3 is 6.03 Å². The van der Waals surface area contributed by atoms with E-state index in [0.717, 1.165) is 18.4 Å². The molecule has 0 bridgehead atoms. The number of amides is 2. The summed E-state index contributed by atoms with van der Waals surface area (Å²) in [6.07, 6.45) is 5.62. The molecule has 24 heavy (non-hydrogen) atoms. The summed E-state index contributed by atoms with van der Waals surface area (Å²) in [7, 11) is 1.95. The molecule has 0 saturated carbocycles. The summed E-state index contributed by atoms with van der Waals surface area (Å²) in [4.78, 5) is 16.6. The summed E-state index contributed by atoms with van der Waals surface area (Å²) >= 11 is 0. The number of carbonyl (C=O) groups is 1. The lowest BCUT2D eigenvalue weighted by Crippen LogP contribution is -2.41. The van der Waals surface area contributed by atoms with E-state index in [-0.39, 0.29) is 18.0 Å². The summed E-state index contributed by atoms with van der Waals surface area (Å²) in [5.74, 6) is 1.24. The fourth-order valence-corrected chi connectivity index (χ4v) is 2.91. The standard InChI is InChI=1S/C16H23N5O3/c1-11-18-15(24-20-11)14(13-4-7-23-8-5-13)19-16(22)17-9-12-3-6-21(2)10-12/h3,6,10,13-14H,4-5,7-9H2,1-2H3,(H2,17,19,22)/t14-/m0/s1. The normalized spacial score (nSPS) is 16.8. The Hall–Kier alpha value is -2.35. The number of urea groups is 1. The van der Waals surface area contributed by atoms with Crippen LogP contribution < -0.4 is 10.6 Å². The van der Waals surface area contributed by atoms with Crippen LogP contribution in [0.5, 0.6) is 0 Å². The summed E-state index contributed by atoms with van der Waals surface area (Å²) < 4.78 is 12.7. The largest absolute Gasteiger partial charge is 0.381 e. The van der Waals surface area contributed by atoms with Crippen molar-refractivity contribution in [1.29, 1.82) is 0 Å². The van der Waals surface area contributed by atoms with Crippen molar-refractivity contribution in [2.45, 2.75) is 32.4 Å². The number of hydrogen-bond acceptors (Lipinski definition) is 5. The van der Waals surface area contributed by atoms with Crippen molar-refractivity contribution in [3.63, 3.8) is 0 Å². The molecule has 2 N–H and O–H groups in total. The van der Waals surface area contributed by atoms with Gasteiger partial charge in [0.1, 0.15) is 6.04 Å². The maximum atomic E-state index is 12.3. The van der Waals surface area contributed by atoms with Crippen LogP contribution in [0, 0.1) is 12.8 Å². The maximum absolute atomic E-state index is 12.3. The zero-order valence-electron chi connectivity index (χ0n) is 14.0. The highest BCUT2D eigenvalue weighted by atomic mass is 16.5. The van der Waals surface area contributed by atoms with Gasteiger partial charge in [0.2, 0.25) is 5.89 Å². The Labute approximate surface area is 140 Å². The van der Waals surface area contributed by atoms with E-state index in [9.17, 15) is 4.79 Å². The Kier molecular flexibility index (Phi) is 5.14. The van der Waals surface area contributed by atoms with Gasteiger partial charge in [-0.1, -0.05) is 5.16 Å². The van der Waals surface area contributed by atoms with Crippen LogP contribution >= 0.6 is 0 Å². The number of aryl methyl sites for hydroxylation is 2. The minimum Gasteiger partial charge on any atom is -0.381 e. The van der Waals surface area contributed by atoms with Gasteiger partial charge in [0, 0.05) is 39.2 Å². The first kappa shape index (κ1) is 16.5. The van der Waals surface area contributed by atoms with Crippen molar-refractivity contribution in [2.75, 3.05) is 13.2 Å². The fourth-order valence-electron chi connectivity index (χ4n) is 2.91. The first-order valence-electron chi connectivity index (χ1n) is 8.15. The van der Waals surface area contributed by atoms with E-state index < -0.39 is 0 Å². The maximum Gasteiger partial charge on any atom is 0.315 e. The Bertz CT molecular complexity index is 675. The second-order valence-electron chi connectivity index (χ2n) is 6.12. The fraction of sp³-hybridized carbons (Fsp3) is 0.562. The van der Waals surface area contributed by atoms with Crippen molar-refractivity contribution in [1.82, 2.24) is 25.3 Å². The molecule has 0 aliphatic carbocycles. The minimum absolute atomic E-state index is 0.223. The average molecular weight is 333 g/mol. The van der Waals surface area contributed by atoms with E-state index in [1.807, 2.05) is 30.1 Å². The Morgan fingerprint density at radius 3 is 2.88 bits per heavy atom. The number of aromatic nitrogens is 3.